The van der Waals surface area contributed by atoms with Crippen LogP contribution >= 0.6 is 15.9 Å². The van der Waals surface area contributed by atoms with E-state index in [-0.39, 0.29) is 16.1 Å². The van der Waals surface area contributed by atoms with Gasteiger partial charge >= 0.3 is 5.97 Å². The zero-order valence-electron chi connectivity index (χ0n) is 11.5. The first kappa shape index (κ1) is 15.7. The topological polar surface area (TPSA) is 91.7 Å². The fourth-order valence-corrected chi connectivity index (χ4v) is 4.89. The summed E-state index contributed by atoms with van der Waals surface area (Å²) in [7, 11) is -4.18. The smallest absolute Gasteiger partial charge is 0.335 e. The van der Waals surface area contributed by atoms with Gasteiger partial charge in [-0.05, 0) is 40.2 Å². The fourth-order valence-electron chi connectivity index (χ4n) is 2.51. The molecule has 0 aliphatic carbocycles. The van der Waals surface area contributed by atoms with E-state index >= 15 is 0 Å². The van der Waals surface area contributed by atoms with E-state index in [1.165, 1.54) is 30.3 Å². The molecule has 0 bridgehead atoms. The lowest BCUT2D eigenvalue weighted by atomic mass is 10.0. The average molecular weight is 396 g/mol. The quantitative estimate of drug-likeness (QED) is 0.787. The predicted octanol–water partition coefficient (Wildman–Crippen LogP) is 2.29. The molecule has 1 atom stereocenters. The lowest BCUT2D eigenvalue weighted by molar-refractivity contribution is -0.137. The van der Waals surface area contributed by atoms with E-state index in [0.29, 0.717) is 8.78 Å². The van der Waals surface area contributed by atoms with Gasteiger partial charge in [0, 0.05) is 10.0 Å². The van der Waals surface area contributed by atoms with Crippen LogP contribution in [0.4, 0.5) is 5.69 Å². The van der Waals surface area contributed by atoms with Crippen LogP contribution in [0.25, 0.3) is 0 Å². The number of benzene rings is 2. The Labute approximate surface area is 140 Å². The number of hydrogen-bond acceptors (Lipinski definition) is 4. The average Bonchev–Trinajstić information content (AvgIpc) is 2.51. The number of rotatable bonds is 2. The maximum absolute atomic E-state index is 12.9. The number of ketones is 1. The number of carboxylic acid groups (broad SMARTS) is 1. The minimum atomic E-state index is -4.18. The summed E-state index contributed by atoms with van der Waals surface area (Å²) >= 11 is 3.21. The van der Waals surface area contributed by atoms with Crippen LogP contribution < -0.4 is 4.31 Å². The molecule has 0 saturated carbocycles. The Morgan fingerprint density at radius 1 is 1.09 bits per heavy atom. The summed E-state index contributed by atoms with van der Waals surface area (Å²) in [4.78, 5) is 24.0. The van der Waals surface area contributed by atoms with Crippen LogP contribution in [0.15, 0.2) is 57.9 Å². The Kier molecular flexibility index (Phi) is 3.73. The minimum Gasteiger partial charge on any atom is -0.479 e. The van der Waals surface area contributed by atoms with Crippen molar-refractivity contribution in [2.45, 2.75) is 10.9 Å². The van der Waals surface area contributed by atoms with Gasteiger partial charge in [-0.25, -0.2) is 17.5 Å². The van der Waals surface area contributed by atoms with Gasteiger partial charge < -0.3 is 5.11 Å². The molecule has 2 aromatic rings. The lowest BCUT2D eigenvalue weighted by Crippen LogP contribution is -2.53. The van der Waals surface area contributed by atoms with Crippen molar-refractivity contribution in [1.29, 1.82) is 0 Å². The summed E-state index contributed by atoms with van der Waals surface area (Å²) in [6.45, 7) is 0. The van der Waals surface area contributed by atoms with E-state index in [0.717, 1.165) is 0 Å². The summed E-state index contributed by atoms with van der Waals surface area (Å²) in [5.74, 6) is -2.29. The summed E-state index contributed by atoms with van der Waals surface area (Å²) in [5, 5.41) is 9.45. The van der Waals surface area contributed by atoms with Crippen molar-refractivity contribution in [1.82, 2.24) is 0 Å². The number of Topliss-reactive ketones (excluding diaryl/α,β-unsaturated/α-hetero) is 1. The highest BCUT2D eigenvalue weighted by Crippen LogP contribution is 2.37. The van der Waals surface area contributed by atoms with Gasteiger partial charge in [0.2, 0.25) is 6.04 Å². The molecule has 0 fully saturated rings. The molecule has 0 radical (unpaired) electrons. The van der Waals surface area contributed by atoms with Crippen molar-refractivity contribution >= 4 is 43.4 Å². The number of sulfonamides is 1. The molecule has 23 heavy (non-hydrogen) atoms. The Morgan fingerprint density at radius 2 is 1.70 bits per heavy atom. The first-order chi connectivity index (χ1) is 10.9. The Balaban J connectivity index is 2.35. The Hall–Kier alpha value is -2.19. The van der Waals surface area contributed by atoms with Gasteiger partial charge in [-0.1, -0.05) is 24.3 Å². The van der Waals surface area contributed by atoms with Crippen molar-refractivity contribution in [2.75, 3.05) is 4.31 Å². The summed E-state index contributed by atoms with van der Waals surface area (Å²) in [5.41, 5.74) is -0.00837. The van der Waals surface area contributed by atoms with E-state index in [4.69, 9.17) is 0 Å². The maximum Gasteiger partial charge on any atom is 0.335 e. The second-order valence-electron chi connectivity index (χ2n) is 4.85. The second-order valence-corrected chi connectivity index (χ2v) is 7.49. The molecule has 0 aromatic heterocycles. The first-order valence-electron chi connectivity index (χ1n) is 6.50. The van der Waals surface area contributed by atoms with Gasteiger partial charge in [-0.2, -0.15) is 0 Å². The van der Waals surface area contributed by atoms with E-state index in [1.807, 2.05) is 0 Å². The molecule has 0 saturated heterocycles. The number of carbonyl (C=O) groups excluding carboxylic acids is 1. The van der Waals surface area contributed by atoms with Gasteiger partial charge in [0.15, 0.2) is 5.78 Å². The van der Waals surface area contributed by atoms with E-state index in [9.17, 15) is 23.1 Å². The molecule has 0 spiro atoms. The van der Waals surface area contributed by atoms with Crippen LogP contribution in [0, 0.1) is 0 Å². The highest BCUT2D eigenvalue weighted by atomic mass is 79.9. The third-order valence-corrected chi connectivity index (χ3v) is 6.00. The minimum absolute atomic E-state index is 0.0998. The third-order valence-electron chi connectivity index (χ3n) is 3.50. The molecule has 1 aliphatic rings. The van der Waals surface area contributed by atoms with Crippen LogP contribution in [-0.4, -0.2) is 31.3 Å². The summed E-state index contributed by atoms with van der Waals surface area (Å²) < 4.78 is 26.8. The van der Waals surface area contributed by atoms with Crippen molar-refractivity contribution in [3.8, 4) is 0 Å². The van der Waals surface area contributed by atoms with Gasteiger partial charge in [0.1, 0.15) is 0 Å². The normalized spacial score (nSPS) is 19.3. The summed E-state index contributed by atoms with van der Waals surface area (Å²) in [6.07, 6.45) is 0. The maximum atomic E-state index is 12.9. The fraction of sp³-hybridized carbons (Fsp3) is 0.0667. The van der Waals surface area contributed by atoms with Crippen molar-refractivity contribution in [3.63, 3.8) is 0 Å². The second kappa shape index (κ2) is 5.47. The zero-order valence-corrected chi connectivity index (χ0v) is 13.9. The van der Waals surface area contributed by atoms with Crippen molar-refractivity contribution < 1.29 is 23.1 Å². The molecule has 6 nitrogen and oxygen atoms in total. The number of para-hydroxylation sites is 1. The number of fused-ring (bicyclic) bond motifs is 1. The third kappa shape index (κ3) is 2.34. The van der Waals surface area contributed by atoms with E-state index < -0.39 is 27.8 Å². The number of nitrogens with zero attached hydrogens (tertiary/aromatic N) is 1. The standard InChI is InChI=1S/C15H10BrNO5S/c16-10-6-2-3-7-11(10)17-13(15(19)20)14(18)9-5-1-4-8-12(9)23(17,21)22/h1-8,13H,(H,19,20). The van der Waals surface area contributed by atoms with Crippen LogP contribution in [0.5, 0.6) is 0 Å². The van der Waals surface area contributed by atoms with Crippen molar-refractivity contribution in [3.05, 3.63) is 58.6 Å². The number of anilines is 1. The largest absolute Gasteiger partial charge is 0.479 e. The van der Waals surface area contributed by atoms with Crippen molar-refractivity contribution in [2.24, 2.45) is 0 Å². The molecular weight excluding hydrogens is 386 g/mol. The van der Waals surface area contributed by atoms with Crippen LogP contribution in [0.1, 0.15) is 10.4 Å². The van der Waals surface area contributed by atoms with Gasteiger partial charge in [0.25, 0.3) is 10.0 Å². The molecule has 0 amide bonds. The van der Waals surface area contributed by atoms with E-state index in [1.54, 1.807) is 18.2 Å². The molecule has 1 heterocycles. The number of aliphatic carboxylic acids is 1. The molecule has 1 unspecified atom stereocenters. The van der Waals surface area contributed by atoms with Gasteiger partial charge in [-0.15, -0.1) is 0 Å². The zero-order chi connectivity index (χ0) is 16.8. The lowest BCUT2D eigenvalue weighted by Gasteiger charge is -2.34. The molecule has 1 N–H and O–H groups in total. The molecule has 2 aromatic carbocycles. The number of carbonyl (C=O) groups is 2. The van der Waals surface area contributed by atoms with E-state index in [2.05, 4.69) is 15.9 Å². The van der Waals surface area contributed by atoms with Crippen LogP contribution in [0.3, 0.4) is 0 Å². The highest BCUT2D eigenvalue weighted by molar-refractivity contribution is 9.10. The summed E-state index contributed by atoms with van der Waals surface area (Å²) in [6, 6.07) is 10.0. The predicted molar refractivity (Wildman–Crippen MR) is 86.0 cm³/mol. The van der Waals surface area contributed by atoms with Crippen LogP contribution in [-0.2, 0) is 14.8 Å². The molecular formula is C15H10BrNO5S. The highest BCUT2D eigenvalue weighted by Gasteiger charge is 2.48. The first-order valence-corrected chi connectivity index (χ1v) is 8.74. The molecule has 3 rings (SSSR count). The number of hydrogen-bond donors (Lipinski definition) is 1. The van der Waals surface area contributed by atoms with Gasteiger partial charge in [0.05, 0.1) is 10.6 Å². The molecule has 118 valence electrons. The molecule has 8 heteroatoms. The Morgan fingerprint density at radius 3 is 2.35 bits per heavy atom. The Bertz CT molecular complexity index is 925. The number of carboxylic acids is 1. The monoisotopic (exact) mass is 395 g/mol. The molecule has 1 aliphatic heterocycles. The van der Waals surface area contributed by atoms with Gasteiger partial charge in [-0.3, -0.25) is 4.79 Å². The SMILES string of the molecule is O=C(O)C1C(=O)c2ccccc2S(=O)(=O)N1c1ccccc1Br. The number of halogens is 1. The van der Waals surface area contributed by atoms with Crippen LogP contribution in [0.2, 0.25) is 0 Å².